The van der Waals surface area contributed by atoms with Crippen molar-refractivity contribution in [2.24, 2.45) is 5.90 Å². The van der Waals surface area contributed by atoms with Crippen molar-refractivity contribution in [3.63, 3.8) is 0 Å². The summed E-state index contributed by atoms with van der Waals surface area (Å²) in [5.74, 6) is 5.11. The molecule has 1 aliphatic rings. The highest BCUT2D eigenvalue weighted by atomic mass is 35.5. The van der Waals surface area contributed by atoms with Gasteiger partial charge in [-0.25, -0.2) is 5.90 Å². The van der Waals surface area contributed by atoms with Crippen LogP contribution >= 0.6 is 11.6 Å². The Hall–Kier alpha value is -1.10. The van der Waals surface area contributed by atoms with E-state index < -0.39 is 0 Å². The van der Waals surface area contributed by atoms with E-state index in [0.717, 1.165) is 12.8 Å². The third kappa shape index (κ3) is 2.77. The van der Waals surface area contributed by atoms with Crippen LogP contribution in [0.4, 0.5) is 0 Å². The fraction of sp³-hybridized carbons (Fsp3) is 0.417. The van der Waals surface area contributed by atoms with Crippen LogP contribution in [0.5, 0.6) is 0 Å². The Labute approximate surface area is 105 Å². The zero-order chi connectivity index (χ0) is 12.3. The number of carbonyl (C=O) groups excluding carboxylic acids is 1. The summed E-state index contributed by atoms with van der Waals surface area (Å²) in [6.07, 6.45) is 1.60. The highest BCUT2D eigenvalue weighted by Gasteiger charge is 2.24. The molecule has 0 radical (unpaired) electrons. The number of hydrogen-bond donors (Lipinski definition) is 1. The number of hydrogen-bond acceptors (Lipinski definition) is 3. The molecule has 5 heteroatoms. The van der Waals surface area contributed by atoms with Crippen molar-refractivity contribution in [3.8, 4) is 0 Å². The van der Waals surface area contributed by atoms with E-state index in [1.807, 2.05) is 12.1 Å². The summed E-state index contributed by atoms with van der Waals surface area (Å²) in [6.45, 7) is 1.32. The largest absolute Gasteiger partial charge is 0.338 e. The first-order chi connectivity index (χ1) is 8.22. The van der Waals surface area contributed by atoms with Crippen LogP contribution in [0.1, 0.15) is 23.2 Å². The molecule has 17 heavy (non-hydrogen) atoms. The van der Waals surface area contributed by atoms with Crippen molar-refractivity contribution in [1.82, 2.24) is 4.90 Å². The molecular formula is C12H15ClN2O2. The first kappa shape index (κ1) is 12.4. The highest BCUT2D eigenvalue weighted by Crippen LogP contribution is 2.20. The minimum absolute atomic E-state index is 0.0222. The van der Waals surface area contributed by atoms with Gasteiger partial charge >= 0.3 is 0 Å². The summed E-state index contributed by atoms with van der Waals surface area (Å²) in [5, 5.41) is 0.495. The minimum Gasteiger partial charge on any atom is -0.338 e. The lowest BCUT2D eigenvalue weighted by Crippen LogP contribution is -2.41. The van der Waals surface area contributed by atoms with E-state index in [4.69, 9.17) is 22.3 Å². The van der Waals surface area contributed by atoms with Crippen LogP contribution < -0.4 is 5.90 Å². The summed E-state index contributed by atoms with van der Waals surface area (Å²) in [6, 6.07) is 7.10. The van der Waals surface area contributed by atoms with Gasteiger partial charge in [-0.05, 0) is 25.0 Å². The summed E-state index contributed by atoms with van der Waals surface area (Å²) < 4.78 is 0. The number of rotatable bonds is 2. The van der Waals surface area contributed by atoms with Crippen molar-refractivity contribution in [1.29, 1.82) is 0 Å². The number of nitrogens with zero attached hydrogens (tertiary/aromatic N) is 1. The molecule has 1 aromatic carbocycles. The number of amides is 1. The van der Waals surface area contributed by atoms with E-state index in [0.29, 0.717) is 23.7 Å². The number of halogens is 1. The standard InChI is InChI=1S/C12H15ClN2O2/c13-11-4-2-1-3-10(11)12(16)15-7-5-9(17-14)6-8-15/h1-4,9H,5-8,14H2. The minimum atomic E-state index is -0.0222. The van der Waals surface area contributed by atoms with E-state index in [1.165, 1.54) is 0 Å². The Bertz CT molecular complexity index is 403. The van der Waals surface area contributed by atoms with E-state index in [2.05, 4.69) is 0 Å². The molecule has 0 atom stereocenters. The van der Waals surface area contributed by atoms with Gasteiger partial charge in [0.1, 0.15) is 0 Å². The SMILES string of the molecule is NOC1CCN(C(=O)c2ccccc2Cl)CC1. The number of piperidine rings is 1. The van der Waals surface area contributed by atoms with Crippen molar-refractivity contribution in [2.75, 3.05) is 13.1 Å². The van der Waals surface area contributed by atoms with Gasteiger partial charge in [0, 0.05) is 13.1 Å². The first-order valence-corrected chi connectivity index (χ1v) is 5.99. The smallest absolute Gasteiger partial charge is 0.255 e. The Morgan fingerprint density at radius 2 is 2.00 bits per heavy atom. The Balaban J connectivity index is 2.04. The second-order valence-corrected chi connectivity index (χ2v) is 4.51. The molecule has 1 saturated heterocycles. The zero-order valence-electron chi connectivity index (χ0n) is 9.43. The molecule has 0 aliphatic carbocycles. The Morgan fingerprint density at radius 1 is 1.35 bits per heavy atom. The highest BCUT2D eigenvalue weighted by molar-refractivity contribution is 6.33. The van der Waals surface area contributed by atoms with Gasteiger partial charge in [-0.3, -0.25) is 4.79 Å². The second kappa shape index (κ2) is 5.49. The average Bonchev–Trinajstić information content (AvgIpc) is 2.39. The van der Waals surface area contributed by atoms with Gasteiger partial charge in [-0.1, -0.05) is 23.7 Å². The van der Waals surface area contributed by atoms with Crippen LogP contribution in [0, 0.1) is 0 Å². The molecule has 1 aromatic rings. The van der Waals surface area contributed by atoms with E-state index in [9.17, 15) is 4.79 Å². The van der Waals surface area contributed by atoms with Crippen molar-refractivity contribution < 1.29 is 9.63 Å². The molecule has 1 heterocycles. The van der Waals surface area contributed by atoms with E-state index in [1.54, 1.807) is 17.0 Å². The Morgan fingerprint density at radius 3 is 2.59 bits per heavy atom. The molecule has 2 rings (SSSR count). The third-order valence-electron chi connectivity index (χ3n) is 3.03. The van der Waals surface area contributed by atoms with Crippen molar-refractivity contribution in [3.05, 3.63) is 34.9 Å². The molecule has 1 amide bonds. The maximum absolute atomic E-state index is 12.2. The molecule has 0 unspecified atom stereocenters. The summed E-state index contributed by atoms with van der Waals surface area (Å²) in [5.41, 5.74) is 0.557. The van der Waals surface area contributed by atoms with Gasteiger partial charge in [0.2, 0.25) is 0 Å². The van der Waals surface area contributed by atoms with Gasteiger partial charge in [0.15, 0.2) is 0 Å². The van der Waals surface area contributed by atoms with Crippen LogP contribution in [0.3, 0.4) is 0 Å². The van der Waals surface area contributed by atoms with Crippen molar-refractivity contribution in [2.45, 2.75) is 18.9 Å². The van der Waals surface area contributed by atoms with Crippen LogP contribution in [-0.2, 0) is 4.84 Å². The maximum Gasteiger partial charge on any atom is 0.255 e. The molecule has 1 aliphatic heterocycles. The van der Waals surface area contributed by atoms with Crippen molar-refractivity contribution >= 4 is 17.5 Å². The summed E-state index contributed by atoms with van der Waals surface area (Å²) >= 11 is 6.00. The van der Waals surface area contributed by atoms with Crippen LogP contribution in [0.2, 0.25) is 5.02 Å². The molecule has 92 valence electrons. The molecule has 4 nitrogen and oxygen atoms in total. The zero-order valence-corrected chi connectivity index (χ0v) is 10.2. The first-order valence-electron chi connectivity index (χ1n) is 5.61. The Kier molecular flexibility index (Phi) is 3.99. The molecule has 2 N–H and O–H groups in total. The molecule has 0 bridgehead atoms. The van der Waals surface area contributed by atoms with Gasteiger partial charge in [-0.15, -0.1) is 0 Å². The summed E-state index contributed by atoms with van der Waals surface area (Å²) in [4.78, 5) is 18.8. The van der Waals surface area contributed by atoms with Crippen LogP contribution in [0.15, 0.2) is 24.3 Å². The molecule has 1 fully saturated rings. The normalized spacial score (nSPS) is 17.2. The summed E-state index contributed by atoms with van der Waals surface area (Å²) in [7, 11) is 0. The molecule has 0 spiro atoms. The maximum atomic E-state index is 12.2. The molecular weight excluding hydrogens is 240 g/mol. The number of likely N-dealkylation sites (tertiary alicyclic amines) is 1. The molecule has 0 saturated carbocycles. The van der Waals surface area contributed by atoms with Gasteiger partial charge in [0.05, 0.1) is 16.7 Å². The van der Waals surface area contributed by atoms with E-state index >= 15 is 0 Å². The molecule has 0 aromatic heterocycles. The predicted octanol–water partition coefficient (Wildman–Crippen LogP) is 1.83. The lowest BCUT2D eigenvalue weighted by Gasteiger charge is -2.31. The van der Waals surface area contributed by atoms with Crippen LogP contribution in [-0.4, -0.2) is 30.0 Å². The quantitative estimate of drug-likeness (QED) is 0.820. The number of nitrogens with two attached hydrogens (primary N) is 1. The fourth-order valence-electron chi connectivity index (χ4n) is 2.00. The van der Waals surface area contributed by atoms with Gasteiger partial charge < -0.3 is 9.74 Å². The van der Waals surface area contributed by atoms with Gasteiger partial charge in [0.25, 0.3) is 5.91 Å². The van der Waals surface area contributed by atoms with Gasteiger partial charge in [-0.2, -0.15) is 0 Å². The van der Waals surface area contributed by atoms with E-state index in [-0.39, 0.29) is 12.0 Å². The number of benzene rings is 1. The number of carbonyl (C=O) groups is 1. The fourth-order valence-corrected chi connectivity index (χ4v) is 2.22. The second-order valence-electron chi connectivity index (χ2n) is 4.11. The average molecular weight is 255 g/mol. The lowest BCUT2D eigenvalue weighted by atomic mass is 10.1. The topological polar surface area (TPSA) is 55.6 Å². The monoisotopic (exact) mass is 254 g/mol. The third-order valence-corrected chi connectivity index (χ3v) is 3.36. The predicted molar refractivity (Wildman–Crippen MR) is 65.6 cm³/mol. The lowest BCUT2D eigenvalue weighted by molar-refractivity contribution is 0.00782. The van der Waals surface area contributed by atoms with Crippen LogP contribution in [0.25, 0.3) is 0 Å².